The van der Waals surface area contributed by atoms with Crippen molar-refractivity contribution in [2.24, 2.45) is 4.36 Å². The number of carbonyl (C=O) groups excluding carboxylic acids is 1. The molecule has 21 heavy (non-hydrogen) atoms. The highest BCUT2D eigenvalue weighted by atomic mass is 32.2. The van der Waals surface area contributed by atoms with Crippen LogP contribution in [0.1, 0.15) is 20.8 Å². The van der Waals surface area contributed by atoms with Gasteiger partial charge in [-0.3, -0.25) is 4.90 Å². The molecule has 0 spiro atoms. The van der Waals surface area contributed by atoms with Crippen LogP contribution in [-0.4, -0.2) is 41.4 Å². The predicted molar refractivity (Wildman–Crippen MR) is 83.4 cm³/mol. The van der Waals surface area contributed by atoms with E-state index in [-0.39, 0.29) is 11.4 Å². The zero-order valence-corrected chi connectivity index (χ0v) is 14.0. The van der Waals surface area contributed by atoms with E-state index in [1.54, 1.807) is 20.8 Å². The van der Waals surface area contributed by atoms with Gasteiger partial charge in [0.25, 0.3) is 0 Å². The summed E-state index contributed by atoms with van der Waals surface area (Å²) in [5, 5.41) is 9.92. The maximum atomic E-state index is 12.3. The number of phenols is 1. The molecule has 0 saturated carbocycles. The molecule has 1 atom stereocenters. The number of benzene rings is 1. The standard InChI is InChI=1S/C14H22N2O4S/c1-14(2,3)20-13(18)16(5)11-9-10(7-8-12(11)17)21(6,19)15-4/h7-9,17H,1-6H3. The SMILES string of the molecule is CN=S(C)(=O)c1ccc(O)c(N(C)C(=O)OC(C)(C)C)c1. The van der Waals surface area contributed by atoms with Crippen molar-refractivity contribution in [1.82, 2.24) is 0 Å². The number of rotatable bonds is 2. The first kappa shape index (κ1) is 17.3. The molecule has 0 radical (unpaired) electrons. The van der Waals surface area contributed by atoms with Crippen molar-refractivity contribution in [3.05, 3.63) is 18.2 Å². The zero-order chi connectivity index (χ0) is 16.4. The topological polar surface area (TPSA) is 79.2 Å². The van der Waals surface area contributed by atoms with Crippen LogP contribution in [0.2, 0.25) is 0 Å². The van der Waals surface area contributed by atoms with Crippen molar-refractivity contribution in [3.63, 3.8) is 0 Å². The van der Waals surface area contributed by atoms with Crippen molar-refractivity contribution in [1.29, 1.82) is 0 Å². The molecular weight excluding hydrogens is 292 g/mol. The predicted octanol–water partition coefficient (Wildman–Crippen LogP) is 2.85. The molecule has 1 aromatic carbocycles. The molecule has 1 N–H and O–H groups in total. The van der Waals surface area contributed by atoms with Crippen LogP contribution >= 0.6 is 0 Å². The fourth-order valence-electron chi connectivity index (χ4n) is 1.54. The second-order valence-electron chi connectivity index (χ2n) is 5.67. The van der Waals surface area contributed by atoms with Crippen molar-refractivity contribution < 1.29 is 18.8 Å². The van der Waals surface area contributed by atoms with E-state index < -0.39 is 21.4 Å². The molecule has 1 rings (SSSR count). The summed E-state index contributed by atoms with van der Waals surface area (Å²) in [4.78, 5) is 13.7. The van der Waals surface area contributed by atoms with E-state index in [2.05, 4.69) is 4.36 Å². The molecule has 0 aliphatic heterocycles. The van der Waals surface area contributed by atoms with Gasteiger partial charge in [0.15, 0.2) is 0 Å². The molecule has 1 amide bonds. The monoisotopic (exact) mass is 314 g/mol. The lowest BCUT2D eigenvalue weighted by Crippen LogP contribution is -2.34. The minimum atomic E-state index is -2.55. The summed E-state index contributed by atoms with van der Waals surface area (Å²) >= 11 is 0. The lowest BCUT2D eigenvalue weighted by Gasteiger charge is -2.25. The van der Waals surface area contributed by atoms with E-state index in [0.29, 0.717) is 4.90 Å². The Labute approximate surface area is 125 Å². The van der Waals surface area contributed by atoms with Gasteiger partial charge in [0.05, 0.1) is 15.4 Å². The van der Waals surface area contributed by atoms with Gasteiger partial charge in [0.1, 0.15) is 11.4 Å². The third kappa shape index (κ3) is 4.35. The van der Waals surface area contributed by atoms with Crippen LogP contribution in [0.5, 0.6) is 5.75 Å². The highest BCUT2D eigenvalue weighted by molar-refractivity contribution is 7.93. The highest BCUT2D eigenvalue weighted by Crippen LogP contribution is 2.30. The molecule has 6 nitrogen and oxygen atoms in total. The van der Waals surface area contributed by atoms with Gasteiger partial charge in [0.2, 0.25) is 0 Å². The summed E-state index contributed by atoms with van der Waals surface area (Å²) in [6.07, 6.45) is 0.891. The van der Waals surface area contributed by atoms with Crippen LogP contribution in [-0.2, 0) is 14.5 Å². The number of phenolic OH excluding ortho intramolecular Hbond substituents is 1. The fourth-order valence-corrected chi connectivity index (χ4v) is 2.40. The molecular formula is C14H22N2O4S. The number of hydrogen-bond donors (Lipinski definition) is 1. The van der Waals surface area contributed by atoms with E-state index in [4.69, 9.17) is 4.74 Å². The molecule has 0 aliphatic carbocycles. The Bertz CT molecular complexity index is 655. The highest BCUT2D eigenvalue weighted by Gasteiger charge is 2.23. The van der Waals surface area contributed by atoms with E-state index in [1.165, 1.54) is 43.5 Å². The molecule has 0 aliphatic rings. The average Bonchev–Trinajstić information content (AvgIpc) is 2.36. The maximum Gasteiger partial charge on any atom is 0.414 e. The van der Waals surface area contributed by atoms with Crippen molar-refractivity contribution in [2.45, 2.75) is 31.3 Å². The number of carbonyl (C=O) groups is 1. The largest absolute Gasteiger partial charge is 0.506 e. The van der Waals surface area contributed by atoms with Gasteiger partial charge < -0.3 is 9.84 Å². The van der Waals surface area contributed by atoms with E-state index in [9.17, 15) is 14.1 Å². The van der Waals surface area contributed by atoms with Gasteiger partial charge in [-0.2, -0.15) is 0 Å². The molecule has 0 saturated heterocycles. The molecule has 7 heteroatoms. The lowest BCUT2D eigenvalue weighted by molar-refractivity contribution is 0.0588. The number of amides is 1. The normalized spacial score (nSPS) is 14.2. The minimum Gasteiger partial charge on any atom is -0.506 e. The molecule has 0 heterocycles. The maximum absolute atomic E-state index is 12.3. The van der Waals surface area contributed by atoms with Crippen LogP contribution in [0, 0.1) is 0 Å². The Morgan fingerprint density at radius 2 is 1.95 bits per heavy atom. The van der Waals surface area contributed by atoms with Gasteiger partial charge in [-0.05, 0) is 39.0 Å². The number of aromatic hydroxyl groups is 1. The van der Waals surface area contributed by atoms with E-state index >= 15 is 0 Å². The van der Waals surface area contributed by atoms with Crippen LogP contribution in [0.15, 0.2) is 27.5 Å². The number of nitrogens with zero attached hydrogens (tertiary/aromatic N) is 2. The third-order valence-electron chi connectivity index (χ3n) is 2.76. The summed E-state index contributed by atoms with van der Waals surface area (Å²) < 4.78 is 21.3. The lowest BCUT2D eigenvalue weighted by atomic mass is 10.2. The second-order valence-corrected chi connectivity index (χ2v) is 8.12. The first-order valence-corrected chi connectivity index (χ1v) is 8.30. The van der Waals surface area contributed by atoms with E-state index in [1.807, 2.05) is 0 Å². The first-order valence-electron chi connectivity index (χ1n) is 6.38. The Morgan fingerprint density at radius 1 is 1.38 bits per heavy atom. The quantitative estimate of drug-likeness (QED) is 0.910. The number of ether oxygens (including phenoxy) is 1. The average molecular weight is 314 g/mol. The molecule has 118 valence electrons. The molecule has 1 unspecified atom stereocenters. The van der Waals surface area contributed by atoms with Crippen molar-refractivity contribution in [3.8, 4) is 5.75 Å². The van der Waals surface area contributed by atoms with E-state index in [0.717, 1.165) is 0 Å². The zero-order valence-electron chi connectivity index (χ0n) is 13.2. The van der Waals surface area contributed by atoms with Crippen LogP contribution in [0.25, 0.3) is 0 Å². The third-order valence-corrected chi connectivity index (χ3v) is 4.59. The van der Waals surface area contributed by atoms with Crippen LogP contribution in [0.3, 0.4) is 0 Å². The van der Waals surface area contributed by atoms with Gasteiger partial charge >= 0.3 is 6.09 Å². The van der Waals surface area contributed by atoms with Crippen molar-refractivity contribution in [2.75, 3.05) is 25.3 Å². The summed E-state index contributed by atoms with van der Waals surface area (Å²) in [7, 11) is 0.398. The molecule has 0 bridgehead atoms. The van der Waals surface area contributed by atoms with Crippen molar-refractivity contribution >= 4 is 21.5 Å². The van der Waals surface area contributed by atoms with Crippen LogP contribution in [0.4, 0.5) is 10.5 Å². The van der Waals surface area contributed by atoms with Gasteiger partial charge in [-0.1, -0.05) is 0 Å². The Hall–Kier alpha value is -1.76. The fraction of sp³-hybridized carbons (Fsp3) is 0.500. The minimum absolute atomic E-state index is 0.0987. The Morgan fingerprint density at radius 3 is 2.43 bits per heavy atom. The number of hydrogen-bond acceptors (Lipinski definition) is 5. The van der Waals surface area contributed by atoms with Gasteiger partial charge in [-0.15, -0.1) is 0 Å². The first-order chi connectivity index (χ1) is 9.48. The summed E-state index contributed by atoms with van der Waals surface area (Å²) in [5.74, 6) is -0.0987. The second kappa shape index (κ2) is 5.93. The Balaban J connectivity index is 3.22. The number of anilines is 1. The summed E-state index contributed by atoms with van der Waals surface area (Å²) in [6.45, 7) is 5.26. The molecule has 0 aromatic heterocycles. The summed E-state index contributed by atoms with van der Waals surface area (Å²) in [5.41, 5.74) is -0.421. The van der Waals surface area contributed by atoms with Gasteiger partial charge in [-0.25, -0.2) is 13.4 Å². The van der Waals surface area contributed by atoms with Gasteiger partial charge in [0, 0.05) is 25.2 Å². The Kier molecular flexibility index (Phi) is 4.88. The van der Waals surface area contributed by atoms with Crippen LogP contribution < -0.4 is 4.90 Å². The molecule has 1 aromatic rings. The molecule has 0 fully saturated rings. The smallest absolute Gasteiger partial charge is 0.414 e. The summed E-state index contributed by atoms with van der Waals surface area (Å²) in [6, 6.07) is 4.39.